The summed E-state index contributed by atoms with van der Waals surface area (Å²) in [5.41, 5.74) is 2.07. The molecule has 8 heteroatoms. The van der Waals surface area contributed by atoms with E-state index in [4.69, 9.17) is 0 Å². The molecule has 1 amide bonds. The number of aromatic nitrogens is 4. The van der Waals surface area contributed by atoms with Crippen LogP contribution < -0.4 is 5.32 Å². The molecule has 1 aliphatic rings. The van der Waals surface area contributed by atoms with Crippen LogP contribution in [0.4, 0.5) is 0 Å². The number of rotatable bonds is 6. The Kier molecular flexibility index (Phi) is 5.36. The molecule has 4 rings (SSSR count). The first-order valence-electron chi connectivity index (χ1n) is 9.17. The molecule has 0 radical (unpaired) electrons. The van der Waals surface area contributed by atoms with E-state index in [0.717, 1.165) is 34.3 Å². The molecule has 0 atom stereocenters. The van der Waals surface area contributed by atoms with Crippen molar-refractivity contribution in [1.29, 1.82) is 0 Å². The van der Waals surface area contributed by atoms with Crippen molar-refractivity contribution in [3.8, 4) is 5.00 Å². The largest absolute Gasteiger partial charge is 0.351 e. The van der Waals surface area contributed by atoms with E-state index in [9.17, 15) is 4.79 Å². The molecular formula is C19H23N5OS2. The average Bonchev–Trinajstić information content (AvgIpc) is 3.39. The van der Waals surface area contributed by atoms with Crippen LogP contribution in [0.25, 0.3) is 5.00 Å². The van der Waals surface area contributed by atoms with Gasteiger partial charge in [-0.25, -0.2) is 0 Å². The summed E-state index contributed by atoms with van der Waals surface area (Å²) < 4.78 is 4.10. The molecule has 0 aliphatic carbocycles. The molecule has 0 fully saturated rings. The number of hydrogen-bond donors (Lipinski definition) is 1. The Labute approximate surface area is 167 Å². The standard InChI is InChI=1S/C19H23N5OS2/c1-13(2)24-12-21-22-16(24)5-7-20-18(25)17-14-6-10-26-11-15(14)27-19(17)23-8-3-4-9-23/h3-4,8-9,12-13H,5-7,10-11H2,1-2H3,(H,20,25). The maximum atomic E-state index is 13.1. The molecule has 1 aliphatic heterocycles. The van der Waals surface area contributed by atoms with E-state index in [-0.39, 0.29) is 5.91 Å². The van der Waals surface area contributed by atoms with Gasteiger partial charge in [-0.05, 0) is 43.7 Å². The molecule has 0 saturated carbocycles. The predicted octanol–water partition coefficient (Wildman–Crippen LogP) is 3.47. The molecule has 0 spiro atoms. The molecule has 6 nitrogen and oxygen atoms in total. The van der Waals surface area contributed by atoms with Gasteiger partial charge >= 0.3 is 0 Å². The first kappa shape index (κ1) is 18.3. The van der Waals surface area contributed by atoms with Crippen molar-refractivity contribution in [2.24, 2.45) is 0 Å². The molecule has 142 valence electrons. The number of amides is 1. The van der Waals surface area contributed by atoms with Crippen molar-refractivity contribution in [2.45, 2.75) is 38.5 Å². The van der Waals surface area contributed by atoms with Crippen LogP contribution in [0.5, 0.6) is 0 Å². The molecule has 1 N–H and O–H groups in total. The highest BCUT2D eigenvalue weighted by atomic mass is 32.2. The smallest absolute Gasteiger partial charge is 0.254 e. The monoisotopic (exact) mass is 401 g/mol. The molecular weight excluding hydrogens is 378 g/mol. The van der Waals surface area contributed by atoms with Gasteiger partial charge in [0.25, 0.3) is 5.91 Å². The van der Waals surface area contributed by atoms with Crippen molar-refractivity contribution >= 4 is 29.0 Å². The van der Waals surface area contributed by atoms with E-state index in [1.54, 1.807) is 17.7 Å². The Morgan fingerprint density at radius 3 is 2.93 bits per heavy atom. The summed E-state index contributed by atoms with van der Waals surface area (Å²) in [5.74, 6) is 2.99. The highest BCUT2D eigenvalue weighted by molar-refractivity contribution is 7.98. The van der Waals surface area contributed by atoms with E-state index >= 15 is 0 Å². The van der Waals surface area contributed by atoms with Gasteiger partial charge < -0.3 is 14.5 Å². The van der Waals surface area contributed by atoms with Crippen LogP contribution >= 0.6 is 23.1 Å². The second kappa shape index (κ2) is 7.90. The van der Waals surface area contributed by atoms with Crippen molar-refractivity contribution in [1.82, 2.24) is 24.6 Å². The van der Waals surface area contributed by atoms with Gasteiger partial charge in [0, 0.05) is 42.0 Å². The fourth-order valence-electron chi connectivity index (χ4n) is 3.36. The summed E-state index contributed by atoms with van der Waals surface area (Å²) in [6.45, 7) is 4.75. The fourth-order valence-corrected chi connectivity index (χ4v) is 5.80. The number of nitrogens with zero attached hydrogens (tertiary/aromatic N) is 4. The Bertz CT molecular complexity index is 926. The van der Waals surface area contributed by atoms with Crippen LogP contribution in [-0.2, 0) is 18.6 Å². The van der Waals surface area contributed by atoms with Gasteiger partial charge in [-0.15, -0.1) is 21.5 Å². The van der Waals surface area contributed by atoms with Gasteiger partial charge in [0.2, 0.25) is 0 Å². The lowest BCUT2D eigenvalue weighted by molar-refractivity contribution is 0.0953. The number of thioether (sulfide) groups is 1. The second-order valence-corrected chi connectivity index (χ2v) is 9.02. The summed E-state index contributed by atoms with van der Waals surface area (Å²) in [6, 6.07) is 4.30. The van der Waals surface area contributed by atoms with Gasteiger partial charge in [-0.2, -0.15) is 11.8 Å². The van der Waals surface area contributed by atoms with Crippen LogP contribution in [0.15, 0.2) is 30.9 Å². The maximum Gasteiger partial charge on any atom is 0.254 e. The first-order chi connectivity index (χ1) is 13.1. The molecule has 0 unspecified atom stereocenters. The molecule has 0 aromatic carbocycles. The fraction of sp³-hybridized carbons (Fsp3) is 0.421. The zero-order valence-corrected chi connectivity index (χ0v) is 17.1. The average molecular weight is 402 g/mol. The lowest BCUT2D eigenvalue weighted by Crippen LogP contribution is -2.28. The Morgan fingerprint density at radius 1 is 1.33 bits per heavy atom. The van der Waals surface area contributed by atoms with E-state index in [1.807, 2.05) is 40.9 Å². The molecule has 4 heterocycles. The van der Waals surface area contributed by atoms with E-state index in [0.29, 0.717) is 19.0 Å². The van der Waals surface area contributed by atoms with Crippen molar-refractivity contribution in [3.05, 3.63) is 52.7 Å². The topological polar surface area (TPSA) is 64.7 Å². The molecule has 3 aromatic heterocycles. The Balaban J connectivity index is 1.53. The third kappa shape index (κ3) is 3.68. The van der Waals surface area contributed by atoms with Gasteiger partial charge in [0.05, 0.1) is 5.56 Å². The zero-order valence-electron chi connectivity index (χ0n) is 15.5. The minimum Gasteiger partial charge on any atom is -0.351 e. The van der Waals surface area contributed by atoms with Crippen molar-refractivity contribution < 1.29 is 4.79 Å². The van der Waals surface area contributed by atoms with Crippen LogP contribution in [-0.4, -0.2) is 37.5 Å². The zero-order chi connectivity index (χ0) is 18.8. The number of carbonyl (C=O) groups is 1. The van der Waals surface area contributed by atoms with Crippen molar-refractivity contribution in [2.75, 3.05) is 12.3 Å². The quantitative estimate of drug-likeness (QED) is 0.687. The van der Waals surface area contributed by atoms with Crippen LogP contribution in [0, 0.1) is 0 Å². The van der Waals surface area contributed by atoms with Crippen LogP contribution in [0.1, 0.15) is 46.5 Å². The van der Waals surface area contributed by atoms with E-state index < -0.39 is 0 Å². The van der Waals surface area contributed by atoms with Crippen molar-refractivity contribution in [3.63, 3.8) is 0 Å². The Hall–Kier alpha value is -2.06. The van der Waals surface area contributed by atoms with Crippen LogP contribution in [0.2, 0.25) is 0 Å². The number of hydrogen-bond acceptors (Lipinski definition) is 5. The minimum absolute atomic E-state index is 0.0127. The Morgan fingerprint density at radius 2 is 2.15 bits per heavy atom. The van der Waals surface area contributed by atoms with Gasteiger partial charge in [-0.1, -0.05) is 0 Å². The van der Waals surface area contributed by atoms with Gasteiger partial charge in [0.1, 0.15) is 17.2 Å². The van der Waals surface area contributed by atoms with Crippen LogP contribution in [0.3, 0.4) is 0 Å². The summed E-state index contributed by atoms with van der Waals surface area (Å²) in [6.07, 6.45) is 7.39. The number of fused-ring (bicyclic) bond motifs is 1. The third-order valence-electron chi connectivity index (χ3n) is 4.71. The van der Waals surface area contributed by atoms with E-state index in [1.165, 1.54) is 10.4 Å². The molecule has 3 aromatic rings. The highest BCUT2D eigenvalue weighted by Crippen LogP contribution is 2.38. The second-order valence-electron chi connectivity index (χ2n) is 6.83. The summed E-state index contributed by atoms with van der Waals surface area (Å²) in [5, 5.41) is 12.3. The molecule has 27 heavy (non-hydrogen) atoms. The number of thiophene rings is 1. The normalized spacial score (nSPS) is 13.7. The summed E-state index contributed by atoms with van der Waals surface area (Å²) >= 11 is 3.68. The van der Waals surface area contributed by atoms with E-state index in [2.05, 4.69) is 33.9 Å². The lowest BCUT2D eigenvalue weighted by atomic mass is 10.1. The SMILES string of the molecule is CC(C)n1cnnc1CCNC(=O)c1c(-n2cccc2)sc2c1CCSC2. The molecule has 0 saturated heterocycles. The number of carbonyl (C=O) groups excluding carboxylic acids is 1. The minimum atomic E-state index is 0.0127. The predicted molar refractivity (Wildman–Crippen MR) is 110 cm³/mol. The first-order valence-corrected chi connectivity index (χ1v) is 11.1. The lowest BCUT2D eigenvalue weighted by Gasteiger charge is -2.14. The van der Waals surface area contributed by atoms with Gasteiger partial charge in [-0.3, -0.25) is 4.79 Å². The highest BCUT2D eigenvalue weighted by Gasteiger charge is 2.26. The number of nitrogens with one attached hydrogen (secondary N) is 1. The third-order valence-corrected chi connectivity index (χ3v) is 7.12. The summed E-state index contributed by atoms with van der Waals surface area (Å²) in [7, 11) is 0. The maximum absolute atomic E-state index is 13.1. The summed E-state index contributed by atoms with van der Waals surface area (Å²) in [4.78, 5) is 14.4. The van der Waals surface area contributed by atoms with Gasteiger partial charge in [0.15, 0.2) is 0 Å². The molecule has 0 bridgehead atoms.